The second kappa shape index (κ2) is 7.33. The SMILES string of the molecule is CCOC(=O)c1cc(CC(=O)CBr)ccc1C(F)F. The lowest BCUT2D eigenvalue weighted by Gasteiger charge is -2.10. The molecule has 19 heavy (non-hydrogen) atoms. The van der Waals surface area contributed by atoms with Crippen molar-refractivity contribution in [3.05, 3.63) is 34.9 Å². The molecule has 3 nitrogen and oxygen atoms in total. The van der Waals surface area contributed by atoms with Crippen molar-refractivity contribution in [2.45, 2.75) is 19.8 Å². The fourth-order valence-corrected chi connectivity index (χ4v) is 1.76. The summed E-state index contributed by atoms with van der Waals surface area (Å²) in [6.07, 6.45) is -2.68. The summed E-state index contributed by atoms with van der Waals surface area (Å²) in [4.78, 5) is 22.9. The van der Waals surface area contributed by atoms with Crippen LogP contribution in [0.4, 0.5) is 8.78 Å². The molecule has 1 aromatic carbocycles. The van der Waals surface area contributed by atoms with Crippen molar-refractivity contribution in [2.75, 3.05) is 11.9 Å². The van der Waals surface area contributed by atoms with Crippen LogP contribution in [0.5, 0.6) is 0 Å². The zero-order valence-corrected chi connectivity index (χ0v) is 11.9. The third-order valence-electron chi connectivity index (χ3n) is 2.40. The van der Waals surface area contributed by atoms with Crippen LogP contribution in [-0.2, 0) is 16.0 Å². The molecule has 0 bridgehead atoms. The number of carbonyl (C=O) groups is 2. The predicted octanol–water partition coefficient (Wildman–Crippen LogP) is 3.31. The van der Waals surface area contributed by atoms with E-state index in [1.807, 2.05) is 0 Å². The maximum Gasteiger partial charge on any atom is 0.338 e. The highest BCUT2D eigenvalue weighted by Crippen LogP contribution is 2.25. The van der Waals surface area contributed by atoms with Crippen LogP contribution in [-0.4, -0.2) is 23.7 Å². The molecule has 0 radical (unpaired) electrons. The van der Waals surface area contributed by atoms with Crippen LogP contribution in [0.1, 0.15) is 34.8 Å². The Morgan fingerprint density at radius 2 is 2.05 bits per heavy atom. The van der Waals surface area contributed by atoms with E-state index < -0.39 is 12.4 Å². The number of esters is 1. The van der Waals surface area contributed by atoms with Gasteiger partial charge in [0.1, 0.15) is 5.78 Å². The number of ketones is 1. The van der Waals surface area contributed by atoms with Gasteiger partial charge in [-0.15, -0.1) is 0 Å². The Kier molecular flexibility index (Phi) is 6.08. The van der Waals surface area contributed by atoms with Crippen molar-refractivity contribution < 1.29 is 23.1 Å². The quantitative estimate of drug-likeness (QED) is 0.592. The van der Waals surface area contributed by atoms with E-state index in [1.54, 1.807) is 6.92 Å². The second-order valence-electron chi connectivity index (χ2n) is 3.79. The van der Waals surface area contributed by atoms with Gasteiger partial charge >= 0.3 is 5.97 Å². The highest BCUT2D eigenvalue weighted by atomic mass is 79.9. The van der Waals surface area contributed by atoms with Gasteiger partial charge in [0.25, 0.3) is 6.43 Å². The standard InChI is InChI=1S/C13H13BrF2O3/c1-2-19-13(18)11-6-8(5-9(17)7-14)3-4-10(11)12(15)16/h3-4,6,12H,2,5,7H2,1H3. The molecule has 0 amide bonds. The first-order chi connectivity index (χ1) is 8.99. The van der Waals surface area contributed by atoms with Gasteiger partial charge in [0, 0.05) is 12.0 Å². The summed E-state index contributed by atoms with van der Waals surface area (Å²) in [6.45, 7) is 1.70. The normalized spacial score (nSPS) is 10.6. The van der Waals surface area contributed by atoms with Crippen LogP contribution >= 0.6 is 15.9 Å². The number of ether oxygens (including phenoxy) is 1. The summed E-state index contributed by atoms with van der Waals surface area (Å²) in [5, 5.41) is 0.179. The smallest absolute Gasteiger partial charge is 0.338 e. The number of hydrogen-bond acceptors (Lipinski definition) is 3. The molecule has 0 aromatic heterocycles. The van der Waals surface area contributed by atoms with Gasteiger partial charge in [0.05, 0.1) is 17.5 Å². The number of hydrogen-bond donors (Lipinski definition) is 0. The fourth-order valence-electron chi connectivity index (χ4n) is 1.56. The first-order valence-electron chi connectivity index (χ1n) is 5.65. The number of Topliss-reactive ketones (excluding diaryl/α,β-unsaturated/α-hetero) is 1. The third-order valence-corrected chi connectivity index (χ3v) is 3.02. The largest absolute Gasteiger partial charge is 0.462 e. The summed E-state index contributed by atoms with van der Waals surface area (Å²) in [6, 6.07) is 3.87. The minimum atomic E-state index is -2.76. The maximum atomic E-state index is 12.8. The van der Waals surface area contributed by atoms with E-state index in [-0.39, 0.29) is 35.3 Å². The lowest BCUT2D eigenvalue weighted by molar-refractivity contribution is -0.115. The molecular formula is C13H13BrF2O3. The van der Waals surface area contributed by atoms with Crippen LogP contribution in [0.15, 0.2) is 18.2 Å². The van der Waals surface area contributed by atoms with Crippen LogP contribution in [0, 0.1) is 0 Å². The number of carbonyl (C=O) groups excluding carboxylic acids is 2. The van der Waals surface area contributed by atoms with E-state index in [1.165, 1.54) is 12.1 Å². The summed E-state index contributed by atoms with van der Waals surface area (Å²) in [5.41, 5.74) is -0.0536. The molecule has 0 aliphatic heterocycles. The molecule has 0 N–H and O–H groups in total. The Balaban J connectivity index is 3.10. The van der Waals surface area contributed by atoms with E-state index in [2.05, 4.69) is 15.9 Å². The summed E-state index contributed by atoms with van der Waals surface area (Å²) in [5.74, 6) is -0.898. The molecule has 0 aliphatic rings. The third kappa shape index (κ3) is 4.38. The molecule has 0 saturated carbocycles. The van der Waals surface area contributed by atoms with E-state index in [4.69, 9.17) is 4.74 Å². The van der Waals surface area contributed by atoms with Gasteiger partial charge < -0.3 is 4.74 Å². The molecule has 0 atom stereocenters. The van der Waals surface area contributed by atoms with E-state index >= 15 is 0 Å². The van der Waals surface area contributed by atoms with Gasteiger partial charge in [-0.3, -0.25) is 4.79 Å². The first kappa shape index (κ1) is 15.8. The van der Waals surface area contributed by atoms with Gasteiger partial charge in [-0.2, -0.15) is 0 Å². The zero-order valence-electron chi connectivity index (χ0n) is 10.3. The molecule has 0 saturated heterocycles. The van der Waals surface area contributed by atoms with Crippen molar-refractivity contribution in [1.82, 2.24) is 0 Å². The summed E-state index contributed by atoms with van der Waals surface area (Å²) in [7, 11) is 0. The van der Waals surface area contributed by atoms with Gasteiger partial charge in [0.2, 0.25) is 0 Å². The van der Waals surface area contributed by atoms with Gasteiger partial charge in [-0.1, -0.05) is 28.1 Å². The summed E-state index contributed by atoms with van der Waals surface area (Å²) >= 11 is 3.02. The lowest BCUT2D eigenvalue weighted by atomic mass is 10.0. The number of benzene rings is 1. The van der Waals surface area contributed by atoms with Crippen molar-refractivity contribution in [1.29, 1.82) is 0 Å². The Labute approximate surface area is 118 Å². The van der Waals surface area contributed by atoms with E-state index in [0.717, 1.165) is 6.07 Å². The second-order valence-corrected chi connectivity index (χ2v) is 4.35. The van der Waals surface area contributed by atoms with Gasteiger partial charge in [-0.25, -0.2) is 13.6 Å². The minimum Gasteiger partial charge on any atom is -0.462 e. The number of rotatable bonds is 6. The monoisotopic (exact) mass is 334 g/mol. The fraction of sp³-hybridized carbons (Fsp3) is 0.385. The lowest BCUT2D eigenvalue weighted by Crippen LogP contribution is -2.11. The predicted molar refractivity (Wildman–Crippen MR) is 69.9 cm³/mol. The summed E-state index contributed by atoms with van der Waals surface area (Å²) < 4.78 is 30.4. The van der Waals surface area contributed by atoms with Crippen molar-refractivity contribution >= 4 is 27.7 Å². The Bertz CT molecular complexity index is 475. The zero-order chi connectivity index (χ0) is 14.4. The highest BCUT2D eigenvalue weighted by Gasteiger charge is 2.20. The molecule has 1 aromatic rings. The van der Waals surface area contributed by atoms with Gasteiger partial charge in [-0.05, 0) is 18.6 Å². The molecule has 0 spiro atoms. The molecule has 1 rings (SSSR count). The average Bonchev–Trinajstić information content (AvgIpc) is 2.38. The van der Waals surface area contributed by atoms with Crippen molar-refractivity contribution in [3.8, 4) is 0 Å². The maximum absolute atomic E-state index is 12.8. The highest BCUT2D eigenvalue weighted by molar-refractivity contribution is 9.09. The van der Waals surface area contributed by atoms with Crippen LogP contribution in [0.2, 0.25) is 0 Å². The van der Waals surface area contributed by atoms with Gasteiger partial charge in [0.15, 0.2) is 0 Å². The first-order valence-corrected chi connectivity index (χ1v) is 6.77. The molecule has 0 aliphatic carbocycles. The molecule has 0 unspecified atom stereocenters. The van der Waals surface area contributed by atoms with Crippen molar-refractivity contribution in [2.24, 2.45) is 0 Å². The Morgan fingerprint density at radius 1 is 1.37 bits per heavy atom. The van der Waals surface area contributed by atoms with E-state index in [9.17, 15) is 18.4 Å². The molecular weight excluding hydrogens is 322 g/mol. The van der Waals surface area contributed by atoms with E-state index in [0.29, 0.717) is 5.56 Å². The van der Waals surface area contributed by atoms with Crippen LogP contribution < -0.4 is 0 Å². The van der Waals surface area contributed by atoms with Crippen LogP contribution in [0.25, 0.3) is 0 Å². The molecule has 0 fully saturated rings. The topological polar surface area (TPSA) is 43.4 Å². The number of halogens is 3. The Morgan fingerprint density at radius 3 is 2.58 bits per heavy atom. The van der Waals surface area contributed by atoms with Crippen LogP contribution in [0.3, 0.4) is 0 Å². The average molecular weight is 335 g/mol. The molecule has 6 heteroatoms. The minimum absolute atomic E-state index is 0.0845. The molecule has 104 valence electrons. The Hall–Kier alpha value is -1.30. The van der Waals surface area contributed by atoms with Crippen molar-refractivity contribution in [3.63, 3.8) is 0 Å². The number of alkyl halides is 3. The molecule has 0 heterocycles.